The molecule has 102 valence electrons. The smallest absolute Gasteiger partial charge is 0.0424 e. The Morgan fingerprint density at radius 2 is 1.72 bits per heavy atom. The summed E-state index contributed by atoms with van der Waals surface area (Å²) in [6, 6.07) is 5.86. The predicted octanol–water partition coefficient (Wildman–Crippen LogP) is 2.54. The van der Waals surface area contributed by atoms with Crippen LogP contribution in [0.3, 0.4) is 0 Å². The lowest BCUT2D eigenvalue weighted by Crippen LogP contribution is -2.34. The summed E-state index contributed by atoms with van der Waals surface area (Å²) >= 11 is 11.9. The minimum absolute atomic E-state index is 0.130. The second kappa shape index (κ2) is 7.97. The van der Waals surface area contributed by atoms with Crippen LogP contribution in [0.4, 0.5) is 0 Å². The van der Waals surface area contributed by atoms with E-state index in [4.69, 9.17) is 34.7 Å². The first-order valence-electron chi connectivity index (χ1n) is 6.14. The third-order valence-electron chi connectivity index (χ3n) is 2.65. The van der Waals surface area contributed by atoms with Gasteiger partial charge in [0.05, 0.1) is 0 Å². The number of halogens is 2. The van der Waals surface area contributed by atoms with E-state index >= 15 is 0 Å². The van der Waals surface area contributed by atoms with Crippen LogP contribution in [0.5, 0.6) is 0 Å². The quantitative estimate of drug-likeness (QED) is 0.723. The Kier molecular flexibility index (Phi) is 6.97. The summed E-state index contributed by atoms with van der Waals surface area (Å²) in [7, 11) is 0. The number of hydrogen-bond donors (Lipinski definition) is 3. The molecule has 18 heavy (non-hydrogen) atoms. The maximum atomic E-state index is 5.98. The van der Waals surface area contributed by atoms with Gasteiger partial charge in [0.15, 0.2) is 0 Å². The molecule has 5 N–H and O–H groups in total. The Morgan fingerprint density at radius 3 is 2.28 bits per heavy atom. The largest absolute Gasteiger partial charge is 0.328 e. The molecule has 0 fully saturated rings. The molecule has 0 aliphatic rings. The topological polar surface area (TPSA) is 64.1 Å². The number of rotatable bonds is 7. The fourth-order valence-corrected chi connectivity index (χ4v) is 2.27. The zero-order valence-corrected chi connectivity index (χ0v) is 12.1. The zero-order valence-electron chi connectivity index (χ0n) is 10.6. The van der Waals surface area contributed by atoms with Crippen molar-refractivity contribution >= 4 is 23.2 Å². The van der Waals surface area contributed by atoms with E-state index in [1.54, 1.807) is 6.07 Å². The van der Waals surface area contributed by atoms with Gasteiger partial charge in [-0.3, -0.25) is 0 Å². The van der Waals surface area contributed by atoms with Gasteiger partial charge in [-0.2, -0.15) is 0 Å². The van der Waals surface area contributed by atoms with E-state index in [2.05, 4.69) is 5.32 Å². The Hall–Kier alpha value is -0.320. The van der Waals surface area contributed by atoms with Gasteiger partial charge in [-0.05, 0) is 43.5 Å². The van der Waals surface area contributed by atoms with E-state index in [0.29, 0.717) is 16.6 Å². The van der Waals surface area contributed by atoms with Crippen LogP contribution < -0.4 is 16.8 Å². The second-order valence-corrected chi connectivity index (χ2v) is 5.60. The molecule has 0 heterocycles. The predicted molar refractivity (Wildman–Crippen MR) is 79.0 cm³/mol. The molecule has 0 radical (unpaired) electrons. The van der Waals surface area contributed by atoms with Crippen molar-refractivity contribution < 1.29 is 0 Å². The maximum absolute atomic E-state index is 5.98. The molecule has 0 spiro atoms. The van der Waals surface area contributed by atoms with Gasteiger partial charge in [-0.1, -0.05) is 23.2 Å². The minimum atomic E-state index is 0.130. The van der Waals surface area contributed by atoms with Crippen molar-refractivity contribution in [3.05, 3.63) is 33.8 Å². The van der Waals surface area contributed by atoms with E-state index in [-0.39, 0.29) is 12.1 Å². The van der Waals surface area contributed by atoms with Crippen molar-refractivity contribution in [3.8, 4) is 0 Å². The summed E-state index contributed by atoms with van der Waals surface area (Å²) in [5.74, 6) is 0. The molecule has 0 amide bonds. The van der Waals surface area contributed by atoms with Gasteiger partial charge in [0.2, 0.25) is 0 Å². The van der Waals surface area contributed by atoms with Gasteiger partial charge >= 0.3 is 0 Å². The molecule has 0 aliphatic carbocycles. The van der Waals surface area contributed by atoms with Crippen LogP contribution in [0.15, 0.2) is 18.2 Å². The van der Waals surface area contributed by atoms with E-state index in [1.807, 2.05) is 19.1 Å². The molecular weight excluding hydrogens is 269 g/mol. The summed E-state index contributed by atoms with van der Waals surface area (Å²) in [5.41, 5.74) is 12.7. The summed E-state index contributed by atoms with van der Waals surface area (Å²) < 4.78 is 0. The Bertz CT molecular complexity index is 349. The lowest BCUT2D eigenvalue weighted by atomic mass is 10.1. The molecule has 0 bridgehead atoms. The van der Waals surface area contributed by atoms with Crippen LogP contribution >= 0.6 is 23.2 Å². The Morgan fingerprint density at radius 1 is 1.11 bits per heavy atom. The first-order chi connectivity index (χ1) is 8.47. The van der Waals surface area contributed by atoms with Crippen molar-refractivity contribution in [3.63, 3.8) is 0 Å². The SMILES string of the molecule is CC(N)CC[C@H](N)CNCc1cc(Cl)cc(Cl)c1. The molecule has 1 aromatic carbocycles. The second-order valence-electron chi connectivity index (χ2n) is 4.72. The highest BCUT2D eigenvalue weighted by molar-refractivity contribution is 6.34. The third kappa shape index (κ3) is 6.57. The van der Waals surface area contributed by atoms with E-state index in [0.717, 1.165) is 24.9 Å². The normalized spacial score (nSPS) is 14.5. The fraction of sp³-hybridized carbons (Fsp3) is 0.538. The third-order valence-corrected chi connectivity index (χ3v) is 3.09. The van der Waals surface area contributed by atoms with Crippen LogP contribution in [0.2, 0.25) is 10.0 Å². The van der Waals surface area contributed by atoms with Gasteiger partial charge in [-0.25, -0.2) is 0 Å². The maximum Gasteiger partial charge on any atom is 0.0424 e. The van der Waals surface area contributed by atoms with Crippen molar-refractivity contribution in [1.29, 1.82) is 0 Å². The fourth-order valence-electron chi connectivity index (χ4n) is 1.69. The highest BCUT2D eigenvalue weighted by Crippen LogP contribution is 2.18. The molecule has 3 nitrogen and oxygen atoms in total. The molecule has 0 aromatic heterocycles. The van der Waals surface area contributed by atoms with Crippen molar-refractivity contribution in [2.24, 2.45) is 11.5 Å². The highest BCUT2D eigenvalue weighted by Gasteiger charge is 2.04. The van der Waals surface area contributed by atoms with Gasteiger partial charge in [0.25, 0.3) is 0 Å². The van der Waals surface area contributed by atoms with E-state index in [9.17, 15) is 0 Å². The zero-order chi connectivity index (χ0) is 13.5. The van der Waals surface area contributed by atoms with Crippen molar-refractivity contribution in [2.45, 2.75) is 38.4 Å². The average molecular weight is 290 g/mol. The molecule has 1 rings (SSSR count). The van der Waals surface area contributed by atoms with Crippen LogP contribution in [0, 0.1) is 0 Å². The average Bonchev–Trinajstić information content (AvgIpc) is 2.25. The first kappa shape index (κ1) is 15.7. The van der Waals surface area contributed by atoms with Crippen LogP contribution in [-0.2, 0) is 6.54 Å². The molecule has 1 unspecified atom stereocenters. The van der Waals surface area contributed by atoms with Gasteiger partial charge in [0, 0.05) is 35.2 Å². The summed E-state index contributed by atoms with van der Waals surface area (Å²) in [4.78, 5) is 0. The van der Waals surface area contributed by atoms with Crippen molar-refractivity contribution in [2.75, 3.05) is 6.54 Å². The van der Waals surface area contributed by atoms with Crippen LogP contribution in [0.1, 0.15) is 25.3 Å². The molecular formula is C13H21Cl2N3. The van der Waals surface area contributed by atoms with Crippen LogP contribution in [-0.4, -0.2) is 18.6 Å². The molecule has 5 heteroatoms. The lowest BCUT2D eigenvalue weighted by molar-refractivity contribution is 0.502. The Balaban J connectivity index is 2.28. The van der Waals surface area contributed by atoms with Gasteiger partial charge in [-0.15, -0.1) is 0 Å². The number of benzene rings is 1. The highest BCUT2D eigenvalue weighted by atomic mass is 35.5. The minimum Gasteiger partial charge on any atom is -0.328 e. The monoisotopic (exact) mass is 289 g/mol. The molecule has 0 aliphatic heterocycles. The molecule has 0 saturated carbocycles. The molecule has 0 saturated heterocycles. The number of nitrogens with one attached hydrogen (secondary N) is 1. The summed E-state index contributed by atoms with van der Waals surface area (Å²) in [6.07, 6.45) is 1.88. The van der Waals surface area contributed by atoms with Crippen molar-refractivity contribution in [1.82, 2.24) is 5.32 Å². The Labute approximate surface area is 119 Å². The van der Waals surface area contributed by atoms with E-state index in [1.165, 1.54) is 0 Å². The summed E-state index contributed by atoms with van der Waals surface area (Å²) in [6.45, 7) is 3.47. The first-order valence-corrected chi connectivity index (χ1v) is 6.90. The number of hydrogen-bond acceptors (Lipinski definition) is 3. The standard InChI is InChI=1S/C13H21Cl2N3/c1-9(16)2-3-13(17)8-18-7-10-4-11(14)6-12(15)5-10/h4-6,9,13,18H,2-3,7-8,16-17H2,1H3/t9?,13-/m0/s1. The summed E-state index contributed by atoms with van der Waals surface area (Å²) in [5, 5.41) is 4.60. The van der Waals surface area contributed by atoms with Crippen LogP contribution in [0.25, 0.3) is 0 Å². The molecule has 1 aromatic rings. The lowest BCUT2D eigenvalue weighted by Gasteiger charge is -2.14. The van der Waals surface area contributed by atoms with E-state index < -0.39 is 0 Å². The van der Waals surface area contributed by atoms with Gasteiger partial charge in [0.1, 0.15) is 0 Å². The molecule has 2 atom stereocenters. The van der Waals surface area contributed by atoms with Gasteiger partial charge < -0.3 is 16.8 Å². The number of nitrogens with two attached hydrogens (primary N) is 2.